The van der Waals surface area contributed by atoms with Gasteiger partial charge in [-0.2, -0.15) is 4.98 Å². The highest BCUT2D eigenvalue weighted by atomic mass is 32.2. The molecule has 2 heterocycles. The number of pyridine rings is 1. The molecule has 34 heavy (non-hydrogen) atoms. The number of amides is 1. The van der Waals surface area contributed by atoms with E-state index in [0.717, 1.165) is 0 Å². The molecule has 1 atom stereocenters. The lowest BCUT2D eigenvalue weighted by atomic mass is 10.2. The van der Waals surface area contributed by atoms with Crippen molar-refractivity contribution in [2.75, 3.05) is 6.54 Å². The molecule has 180 valence electrons. The summed E-state index contributed by atoms with van der Waals surface area (Å²) in [5, 5.41) is 6.24. The van der Waals surface area contributed by atoms with E-state index in [4.69, 9.17) is 4.52 Å². The van der Waals surface area contributed by atoms with E-state index in [1.807, 2.05) is 6.92 Å². The highest BCUT2D eigenvalue weighted by Crippen LogP contribution is 2.13. The van der Waals surface area contributed by atoms with E-state index in [9.17, 15) is 18.0 Å². The first kappa shape index (κ1) is 26.3. The number of nitrogens with one attached hydrogen (secondary N) is 2. The normalized spacial score (nSPS) is 13.5. The van der Waals surface area contributed by atoms with E-state index in [2.05, 4.69) is 36.7 Å². The summed E-state index contributed by atoms with van der Waals surface area (Å²) in [5.74, 6) is -1.17. The molecular weight excluding hydrogens is 460 g/mol. The number of allylic oxidation sites excluding steroid dienone is 5. The van der Waals surface area contributed by atoms with E-state index in [-0.39, 0.29) is 28.9 Å². The maximum absolute atomic E-state index is 12.5. The van der Waals surface area contributed by atoms with E-state index in [0.29, 0.717) is 5.57 Å². The van der Waals surface area contributed by atoms with Gasteiger partial charge in [0.05, 0.1) is 6.54 Å². The number of rotatable bonds is 11. The fraction of sp³-hybridized carbons (Fsp3) is 0.273. The third-order valence-corrected chi connectivity index (χ3v) is 5.68. The molecule has 0 unspecified atom stereocenters. The molecule has 0 radical (unpaired) electrons. The van der Waals surface area contributed by atoms with Crippen LogP contribution in [-0.2, 0) is 14.8 Å². The topological polar surface area (TPSA) is 157 Å². The average molecular weight is 487 g/mol. The van der Waals surface area contributed by atoms with Gasteiger partial charge in [-0.15, -0.1) is 0 Å². The molecule has 2 rings (SSSR count). The quantitative estimate of drug-likeness (QED) is 0.212. The molecule has 0 aliphatic rings. The SMILES string of the molecule is C=C/C=C(\C=C/C)c1noc(C(=O)CNC(=O)[C@H](CC)N=C(C)NS(=O)(=O)c2cccnc2)n1. The molecule has 0 saturated carbocycles. The van der Waals surface area contributed by atoms with Crippen molar-refractivity contribution in [3.05, 3.63) is 67.1 Å². The van der Waals surface area contributed by atoms with Gasteiger partial charge in [0.15, 0.2) is 0 Å². The second-order valence-corrected chi connectivity index (χ2v) is 8.54. The van der Waals surface area contributed by atoms with Crippen molar-refractivity contribution in [1.29, 1.82) is 0 Å². The van der Waals surface area contributed by atoms with Crippen LogP contribution in [0, 0.1) is 0 Å². The Morgan fingerprint density at radius 1 is 1.35 bits per heavy atom. The molecule has 12 heteroatoms. The molecule has 0 bridgehead atoms. The number of amidine groups is 1. The van der Waals surface area contributed by atoms with E-state index in [1.165, 1.54) is 31.5 Å². The predicted octanol–water partition coefficient (Wildman–Crippen LogP) is 2.08. The summed E-state index contributed by atoms with van der Waals surface area (Å²) in [7, 11) is -3.89. The first-order valence-corrected chi connectivity index (χ1v) is 11.8. The minimum absolute atomic E-state index is 0.0178. The van der Waals surface area contributed by atoms with Crippen molar-refractivity contribution < 1.29 is 22.5 Å². The van der Waals surface area contributed by atoms with Gasteiger partial charge in [0.25, 0.3) is 15.9 Å². The standard InChI is InChI=1S/C22H26N6O5S/c1-5-9-16(10-6-2)20-26-22(33-27-20)19(29)14-24-21(30)18(7-3)25-15(4)28-34(31,32)17-11-8-12-23-13-17/h5-6,8-13,18H,1,7,14H2,2-4H3,(H,24,30)(H,25,28)/b10-6-,16-9+/t18-/m0/s1. The van der Waals surface area contributed by atoms with Crippen molar-refractivity contribution in [3.8, 4) is 0 Å². The van der Waals surface area contributed by atoms with Gasteiger partial charge in [0.2, 0.25) is 17.5 Å². The Kier molecular flexibility index (Phi) is 9.56. The van der Waals surface area contributed by atoms with Crippen LogP contribution in [0.15, 0.2) is 69.8 Å². The number of aromatic nitrogens is 3. The number of sulfonamides is 1. The molecule has 2 aromatic rings. The fourth-order valence-corrected chi connectivity index (χ4v) is 3.70. The maximum Gasteiger partial charge on any atom is 0.296 e. The fourth-order valence-electron chi connectivity index (χ4n) is 2.68. The lowest BCUT2D eigenvalue weighted by Gasteiger charge is -2.13. The molecule has 0 aromatic carbocycles. The molecule has 11 nitrogen and oxygen atoms in total. The average Bonchev–Trinajstić information content (AvgIpc) is 3.31. The molecule has 0 aliphatic heterocycles. The third kappa shape index (κ3) is 7.30. The minimum Gasteiger partial charge on any atom is -0.347 e. The summed E-state index contributed by atoms with van der Waals surface area (Å²) >= 11 is 0. The van der Waals surface area contributed by atoms with Gasteiger partial charge in [-0.05, 0) is 32.4 Å². The zero-order chi connectivity index (χ0) is 25.1. The summed E-state index contributed by atoms with van der Waals surface area (Å²) in [6.45, 7) is 8.17. The van der Waals surface area contributed by atoms with Crippen molar-refractivity contribution in [2.45, 2.75) is 38.1 Å². The minimum atomic E-state index is -3.89. The Morgan fingerprint density at radius 3 is 2.74 bits per heavy atom. The predicted molar refractivity (Wildman–Crippen MR) is 126 cm³/mol. The van der Waals surface area contributed by atoms with Crippen LogP contribution < -0.4 is 10.0 Å². The number of carbonyl (C=O) groups excluding carboxylic acids is 2. The molecule has 0 spiro atoms. The third-order valence-electron chi connectivity index (χ3n) is 4.26. The molecule has 0 aliphatic carbocycles. The smallest absolute Gasteiger partial charge is 0.296 e. The summed E-state index contributed by atoms with van der Waals surface area (Å²) < 4.78 is 32.0. The lowest BCUT2D eigenvalue weighted by molar-refractivity contribution is -0.122. The highest BCUT2D eigenvalue weighted by Gasteiger charge is 2.21. The summed E-state index contributed by atoms with van der Waals surface area (Å²) in [5.41, 5.74) is 0.605. The van der Waals surface area contributed by atoms with Crippen LogP contribution in [0.25, 0.3) is 5.57 Å². The van der Waals surface area contributed by atoms with Crippen LogP contribution >= 0.6 is 0 Å². The van der Waals surface area contributed by atoms with Gasteiger partial charge in [-0.3, -0.25) is 24.3 Å². The second-order valence-electron chi connectivity index (χ2n) is 6.85. The first-order valence-electron chi connectivity index (χ1n) is 10.3. The van der Waals surface area contributed by atoms with E-state index in [1.54, 1.807) is 31.2 Å². The van der Waals surface area contributed by atoms with Crippen molar-refractivity contribution >= 4 is 33.1 Å². The summed E-state index contributed by atoms with van der Waals surface area (Å²) in [6.07, 6.45) is 9.65. The number of ketones is 1. The monoisotopic (exact) mass is 486 g/mol. The van der Waals surface area contributed by atoms with Crippen LogP contribution in [0.1, 0.15) is 43.7 Å². The number of aliphatic imine (C=N–C) groups is 1. The summed E-state index contributed by atoms with van der Waals surface area (Å²) in [6, 6.07) is 1.96. The highest BCUT2D eigenvalue weighted by molar-refractivity contribution is 7.90. The van der Waals surface area contributed by atoms with Crippen LogP contribution in [0.5, 0.6) is 0 Å². The lowest BCUT2D eigenvalue weighted by Crippen LogP contribution is -2.38. The van der Waals surface area contributed by atoms with E-state index < -0.39 is 34.3 Å². The summed E-state index contributed by atoms with van der Waals surface area (Å²) in [4.78, 5) is 36.8. The second kappa shape index (κ2) is 12.3. The van der Waals surface area contributed by atoms with Gasteiger partial charge >= 0.3 is 0 Å². The van der Waals surface area contributed by atoms with Crippen molar-refractivity contribution in [2.24, 2.45) is 4.99 Å². The Morgan fingerprint density at radius 2 is 2.12 bits per heavy atom. The largest absolute Gasteiger partial charge is 0.347 e. The number of hydrogen-bond acceptors (Lipinski definition) is 9. The van der Waals surface area contributed by atoms with Crippen LogP contribution in [0.3, 0.4) is 0 Å². The van der Waals surface area contributed by atoms with Crippen molar-refractivity contribution in [1.82, 2.24) is 25.2 Å². The first-order chi connectivity index (χ1) is 16.2. The molecule has 2 aromatic heterocycles. The Bertz CT molecular complexity index is 1220. The zero-order valence-electron chi connectivity index (χ0n) is 19.1. The number of nitrogens with zero attached hydrogens (tertiary/aromatic N) is 4. The molecule has 0 saturated heterocycles. The number of carbonyl (C=O) groups is 2. The van der Waals surface area contributed by atoms with Gasteiger partial charge in [-0.25, -0.2) is 8.42 Å². The van der Waals surface area contributed by atoms with Gasteiger partial charge in [-0.1, -0.05) is 43.0 Å². The Hall–Kier alpha value is -3.93. The Balaban J connectivity index is 2.02. The molecule has 2 N–H and O–H groups in total. The van der Waals surface area contributed by atoms with Gasteiger partial charge in [0.1, 0.15) is 16.8 Å². The Labute approximate surface area is 197 Å². The maximum atomic E-state index is 12.5. The van der Waals surface area contributed by atoms with E-state index >= 15 is 0 Å². The number of hydrogen-bond donors (Lipinski definition) is 2. The van der Waals surface area contributed by atoms with Gasteiger partial charge < -0.3 is 9.84 Å². The zero-order valence-corrected chi connectivity index (χ0v) is 19.9. The van der Waals surface area contributed by atoms with Crippen LogP contribution in [0.2, 0.25) is 0 Å². The van der Waals surface area contributed by atoms with Crippen LogP contribution in [-0.4, -0.2) is 53.7 Å². The molecule has 0 fully saturated rings. The molecular formula is C22H26N6O5S. The number of Topliss-reactive ketones (excluding diaryl/α,β-unsaturated/α-hetero) is 1. The van der Waals surface area contributed by atoms with Crippen LogP contribution in [0.4, 0.5) is 0 Å². The van der Waals surface area contributed by atoms with Gasteiger partial charge in [0, 0.05) is 18.0 Å². The van der Waals surface area contributed by atoms with Crippen molar-refractivity contribution in [3.63, 3.8) is 0 Å². The molecule has 1 amide bonds.